The van der Waals surface area contributed by atoms with Crippen molar-refractivity contribution >= 4 is 33.4 Å². The van der Waals surface area contributed by atoms with Gasteiger partial charge in [-0.2, -0.15) is 0 Å². The van der Waals surface area contributed by atoms with E-state index in [4.69, 9.17) is 0 Å². The third-order valence-electron chi connectivity index (χ3n) is 3.25. The van der Waals surface area contributed by atoms with Crippen molar-refractivity contribution in [3.63, 3.8) is 0 Å². The third kappa shape index (κ3) is 1.36. The average Bonchev–Trinajstić information content (AvgIpc) is 3.01. The number of nitrogens with zero attached hydrogens (tertiary/aromatic N) is 5. The first-order valence-corrected chi connectivity index (χ1v) is 6.25. The van der Waals surface area contributed by atoms with Crippen LogP contribution >= 0.6 is 0 Å². The van der Waals surface area contributed by atoms with Gasteiger partial charge in [0.05, 0.1) is 5.52 Å². The molecule has 3 aromatic heterocycles. The largest absolute Gasteiger partial charge is 0.324 e. The minimum Gasteiger partial charge on any atom is -0.324 e. The molecule has 3 heterocycles. The first-order valence-electron chi connectivity index (χ1n) is 6.25. The summed E-state index contributed by atoms with van der Waals surface area (Å²) in [5.41, 5.74) is 3.74. The van der Waals surface area contributed by atoms with Crippen molar-refractivity contribution in [2.45, 2.75) is 19.9 Å². The van der Waals surface area contributed by atoms with Gasteiger partial charge >= 0.3 is 0 Å². The zero-order chi connectivity index (χ0) is 12.8. The third-order valence-corrected chi connectivity index (χ3v) is 3.25. The van der Waals surface area contributed by atoms with Crippen molar-refractivity contribution in [2.24, 2.45) is 0 Å². The van der Waals surface area contributed by atoms with Crippen LogP contribution in [0.1, 0.15) is 13.3 Å². The second-order valence-electron chi connectivity index (χ2n) is 4.48. The van der Waals surface area contributed by atoms with Crippen LogP contribution in [0, 0.1) is 0 Å². The molecule has 6 heteroatoms. The highest BCUT2D eigenvalue weighted by Gasteiger charge is 2.15. The van der Waals surface area contributed by atoms with Gasteiger partial charge in [-0.15, -0.1) is 0 Å². The molecular weight excluding hydrogens is 242 g/mol. The zero-order valence-electron chi connectivity index (χ0n) is 10.4. The highest BCUT2D eigenvalue weighted by Crippen LogP contribution is 2.27. The summed E-state index contributed by atoms with van der Waals surface area (Å²) in [6.07, 6.45) is 1.03. The smallest absolute Gasteiger partial charge is 0.245 e. The lowest BCUT2D eigenvalue weighted by Crippen LogP contribution is -1.98. The van der Waals surface area contributed by atoms with Gasteiger partial charge in [-0.25, -0.2) is 14.6 Å². The van der Waals surface area contributed by atoms with Gasteiger partial charge in [0.25, 0.3) is 0 Å². The van der Waals surface area contributed by atoms with Crippen molar-refractivity contribution in [3.8, 4) is 0 Å². The number of fused-ring (bicyclic) bond motifs is 4. The maximum atomic E-state index is 4.68. The lowest BCUT2D eigenvalue weighted by molar-refractivity contribution is 0.314. The van der Waals surface area contributed by atoms with E-state index in [9.17, 15) is 0 Å². The summed E-state index contributed by atoms with van der Waals surface area (Å²) in [6.45, 7) is 3.04. The molecule has 0 aliphatic carbocycles. The van der Waals surface area contributed by atoms with Crippen LogP contribution in [-0.2, 0) is 6.54 Å². The molecule has 0 N–H and O–H groups in total. The normalized spacial score (nSPS) is 11.8. The average molecular weight is 253 g/mol. The summed E-state index contributed by atoms with van der Waals surface area (Å²) < 4.78 is 6.86. The number of para-hydroxylation sites is 1. The SMILES string of the molecule is CCCn1c2ccccc2c2nc3nonc3nc21. The van der Waals surface area contributed by atoms with Gasteiger partial charge in [-0.3, -0.25) is 0 Å². The number of aryl methyl sites for hydroxylation is 1. The fourth-order valence-electron chi connectivity index (χ4n) is 2.47. The monoisotopic (exact) mass is 253 g/mol. The van der Waals surface area contributed by atoms with Gasteiger partial charge in [0.15, 0.2) is 5.65 Å². The number of aromatic nitrogens is 5. The highest BCUT2D eigenvalue weighted by atomic mass is 16.6. The van der Waals surface area contributed by atoms with Crippen LogP contribution in [0.15, 0.2) is 28.9 Å². The van der Waals surface area contributed by atoms with Gasteiger partial charge in [0.1, 0.15) is 5.52 Å². The Balaban J connectivity index is 2.23. The Hall–Kier alpha value is -2.50. The van der Waals surface area contributed by atoms with E-state index in [-0.39, 0.29) is 0 Å². The van der Waals surface area contributed by atoms with Crippen molar-refractivity contribution in [1.29, 1.82) is 0 Å². The standard InChI is InChI=1S/C13H11N5O/c1-2-7-18-9-6-4-3-5-8(9)10-13(18)15-12-11(14-10)16-19-17-12/h3-6H,2,7H2,1H3. The number of benzene rings is 1. The quantitative estimate of drug-likeness (QED) is 0.549. The van der Waals surface area contributed by atoms with E-state index in [0.29, 0.717) is 11.3 Å². The molecule has 0 atom stereocenters. The van der Waals surface area contributed by atoms with E-state index in [1.807, 2.05) is 12.1 Å². The Morgan fingerprint density at radius 1 is 1.11 bits per heavy atom. The van der Waals surface area contributed by atoms with Gasteiger partial charge in [0.2, 0.25) is 11.3 Å². The second-order valence-corrected chi connectivity index (χ2v) is 4.48. The molecule has 0 aliphatic rings. The molecule has 0 aliphatic heterocycles. The minimum atomic E-state index is 0.451. The van der Waals surface area contributed by atoms with Crippen LogP contribution in [0.25, 0.3) is 33.4 Å². The Morgan fingerprint density at radius 3 is 2.74 bits per heavy atom. The Morgan fingerprint density at radius 2 is 1.89 bits per heavy atom. The molecule has 0 saturated heterocycles. The van der Waals surface area contributed by atoms with E-state index in [1.165, 1.54) is 0 Å². The van der Waals surface area contributed by atoms with E-state index in [2.05, 4.69) is 48.5 Å². The summed E-state index contributed by atoms with van der Waals surface area (Å²) in [4.78, 5) is 9.04. The molecule has 0 saturated carbocycles. The van der Waals surface area contributed by atoms with Gasteiger partial charge in [-0.1, -0.05) is 25.1 Å². The molecule has 1 aromatic carbocycles. The molecule has 0 fully saturated rings. The van der Waals surface area contributed by atoms with Gasteiger partial charge in [0, 0.05) is 11.9 Å². The van der Waals surface area contributed by atoms with Crippen LogP contribution in [0.3, 0.4) is 0 Å². The van der Waals surface area contributed by atoms with E-state index in [1.54, 1.807) is 0 Å². The fourth-order valence-corrected chi connectivity index (χ4v) is 2.47. The van der Waals surface area contributed by atoms with Crippen LogP contribution in [0.2, 0.25) is 0 Å². The molecule has 4 rings (SSSR count). The summed E-state index contributed by atoms with van der Waals surface area (Å²) in [6, 6.07) is 8.17. The van der Waals surface area contributed by atoms with Gasteiger partial charge in [-0.05, 0) is 22.8 Å². The number of hydrogen-bond donors (Lipinski definition) is 0. The lowest BCUT2D eigenvalue weighted by atomic mass is 10.2. The molecule has 0 radical (unpaired) electrons. The van der Waals surface area contributed by atoms with Crippen molar-refractivity contribution < 1.29 is 4.63 Å². The summed E-state index contributed by atoms with van der Waals surface area (Å²) >= 11 is 0. The summed E-state index contributed by atoms with van der Waals surface area (Å²) in [5, 5.41) is 8.62. The van der Waals surface area contributed by atoms with Crippen LogP contribution < -0.4 is 0 Å². The molecule has 0 amide bonds. The highest BCUT2D eigenvalue weighted by molar-refractivity contribution is 6.05. The molecule has 0 unspecified atom stereocenters. The molecule has 4 aromatic rings. The topological polar surface area (TPSA) is 69.6 Å². The van der Waals surface area contributed by atoms with Crippen molar-refractivity contribution in [3.05, 3.63) is 24.3 Å². The van der Waals surface area contributed by atoms with E-state index >= 15 is 0 Å². The Labute approximate surface area is 108 Å². The molecule has 19 heavy (non-hydrogen) atoms. The summed E-state index contributed by atoms with van der Waals surface area (Å²) in [5.74, 6) is 0. The number of rotatable bonds is 2. The lowest BCUT2D eigenvalue weighted by Gasteiger charge is -2.02. The van der Waals surface area contributed by atoms with Crippen LogP contribution in [-0.4, -0.2) is 24.8 Å². The maximum Gasteiger partial charge on any atom is 0.245 e. The van der Waals surface area contributed by atoms with Gasteiger partial charge < -0.3 is 4.57 Å². The van der Waals surface area contributed by atoms with E-state index in [0.717, 1.165) is 35.0 Å². The molecular formula is C13H11N5O. The predicted octanol–water partition coefficient (Wildman–Crippen LogP) is 2.53. The molecule has 6 nitrogen and oxygen atoms in total. The van der Waals surface area contributed by atoms with Crippen molar-refractivity contribution in [1.82, 2.24) is 24.8 Å². The first kappa shape index (κ1) is 10.4. The Kier molecular flexibility index (Phi) is 2.05. The maximum absolute atomic E-state index is 4.68. The fraction of sp³-hybridized carbons (Fsp3) is 0.231. The Bertz CT molecular complexity index is 892. The second kappa shape index (κ2) is 3.74. The van der Waals surface area contributed by atoms with Crippen LogP contribution in [0.5, 0.6) is 0 Å². The molecule has 0 bridgehead atoms. The number of hydrogen-bond acceptors (Lipinski definition) is 5. The van der Waals surface area contributed by atoms with E-state index < -0.39 is 0 Å². The molecule has 0 spiro atoms. The predicted molar refractivity (Wildman–Crippen MR) is 70.7 cm³/mol. The molecule has 94 valence electrons. The first-order chi connectivity index (χ1) is 9.38. The summed E-state index contributed by atoms with van der Waals surface area (Å²) in [7, 11) is 0. The minimum absolute atomic E-state index is 0.451. The van der Waals surface area contributed by atoms with Crippen LogP contribution in [0.4, 0.5) is 0 Å². The van der Waals surface area contributed by atoms with Crippen molar-refractivity contribution in [2.75, 3.05) is 0 Å². The zero-order valence-corrected chi connectivity index (χ0v) is 10.4.